The van der Waals surface area contributed by atoms with Gasteiger partial charge in [-0.2, -0.15) is 0 Å². The summed E-state index contributed by atoms with van der Waals surface area (Å²) in [7, 11) is 3.88. The molecule has 1 atom stereocenters. The Bertz CT molecular complexity index is 994. The lowest BCUT2D eigenvalue weighted by Crippen LogP contribution is -2.53. The van der Waals surface area contributed by atoms with Crippen molar-refractivity contribution in [2.24, 2.45) is 7.05 Å². The van der Waals surface area contributed by atoms with E-state index in [1.807, 2.05) is 37.1 Å². The van der Waals surface area contributed by atoms with E-state index in [-0.39, 0.29) is 24.4 Å². The van der Waals surface area contributed by atoms with E-state index in [0.717, 1.165) is 48.6 Å². The molecule has 4 rings (SSSR count). The van der Waals surface area contributed by atoms with Gasteiger partial charge in [-0.3, -0.25) is 4.79 Å². The normalized spacial score (nSPS) is 15.3. The van der Waals surface area contributed by atoms with E-state index < -0.39 is 0 Å². The zero-order chi connectivity index (χ0) is 19.7. The Morgan fingerprint density at radius 1 is 1.07 bits per heavy atom. The van der Waals surface area contributed by atoms with Crippen LogP contribution in [0.1, 0.15) is 6.92 Å². The van der Waals surface area contributed by atoms with Crippen molar-refractivity contribution in [3.05, 3.63) is 48.5 Å². The van der Waals surface area contributed by atoms with Crippen LogP contribution in [0.25, 0.3) is 22.4 Å². The molecular formula is C22H28ClN5O. The Balaban J connectivity index is 0.00000240. The Hall–Kier alpha value is -2.57. The van der Waals surface area contributed by atoms with Gasteiger partial charge in [0.25, 0.3) is 0 Å². The molecule has 0 unspecified atom stereocenters. The molecule has 154 valence electrons. The highest BCUT2D eigenvalue weighted by Gasteiger charge is 2.24. The number of para-hydroxylation sites is 2. The van der Waals surface area contributed by atoms with Gasteiger partial charge in [0, 0.05) is 44.5 Å². The van der Waals surface area contributed by atoms with E-state index in [4.69, 9.17) is 4.98 Å². The third kappa shape index (κ3) is 4.09. The maximum Gasteiger partial charge on any atom is 0.239 e. The number of aryl methyl sites for hydroxylation is 1. The van der Waals surface area contributed by atoms with Gasteiger partial charge >= 0.3 is 0 Å². The third-order valence-electron chi connectivity index (χ3n) is 5.65. The average molecular weight is 414 g/mol. The number of halogens is 1. The summed E-state index contributed by atoms with van der Waals surface area (Å²) in [5.74, 6) is 1.15. The van der Waals surface area contributed by atoms with Crippen molar-refractivity contribution in [1.29, 1.82) is 0 Å². The molecule has 1 saturated heterocycles. The summed E-state index contributed by atoms with van der Waals surface area (Å²) >= 11 is 0. The number of fused-ring (bicyclic) bond motifs is 1. The van der Waals surface area contributed by atoms with Crippen LogP contribution >= 0.6 is 12.4 Å². The fourth-order valence-corrected chi connectivity index (χ4v) is 3.83. The molecule has 2 heterocycles. The topological polar surface area (TPSA) is 53.4 Å². The van der Waals surface area contributed by atoms with Crippen molar-refractivity contribution < 1.29 is 4.79 Å². The predicted molar refractivity (Wildman–Crippen MR) is 121 cm³/mol. The number of amides is 1. The standard InChI is InChI=1S/C22H27N5O.ClH/c1-16(23-2)22(28)27-13-11-26(12-14-27)18-8-6-7-17(15-18)21-24-19-9-4-5-10-20(19)25(21)3;/h4-10,15-16,23H,11-14H2,1-3H3;1H/t16-;/m0./s1. The molecule has 0 bridgehead atoms. The highest BCUT2D eigenvalue weighted by molar-refractivity contribution is 5.85. The van der Waals surface area contributed by atoms with Crippen molar-refractivity contribution in [3.63, 3.8) is 0 Å². The lowest BCUT2D eigenvalue weighted by molar-refractivity contribution is -0.133. The first-order chi connectivity index (χ1) is 13.6. The van der Waals surface area contributed by atoms with Crippen LogP contribution < -0.4 is 10.2 Å². The summed E-state index contributed by atoms with van der Waals surface area (Å²) in [6.45, 7) is 5.10. The second kappa shape index (κ2) is 8.84. The van der Waals surface area contributed by atoms with Gasteiger partial charge < -0.3 is 19.7 Å². The predicted octanol–water partition coefficient (Wildman–Crippen LogP) is 2.92. The van der Waals surface area contributed by atoms with Crippen LogP contribution in [-0.4, -0.2) is 59.6 Å². The van der Waals surface area contributed by atoms with Crippen molar-refractivity contribution in [3.8, 4) is 11.4 Å². The monoisotopic (exact) mass is 413 g/mol. The number of nitrogens with one attached hydrogen (secondary N) is 1. The molecule has 0 spiro atoms. The molecule has 0 saturated carbocycles. The van der Waals surface area contributed by atoms with Crippen LogP contribution in [0.3, 0.4) is 0 Å². The Morgan fingerprint density at radius 2 is 1.79 bits per heavy atom. The molecule has 1 aromatic heterocycles. The zero-order valence-electron chi connectivity index (χ0n) is 17.1. The second-order valence-corrected chi connectivity index (χ2v) is 7.36. The number of hydrogen-bond acceptors (Lipinski definition) is 4. The molecule has 29 heavy (non-hydrogen) atoms. The Kier molecular flexibility index (Phi) is 6.45. The smallest absolute Gasteiger partial charge is 0.239 e. The van der Waals surface area contributed by atoms with E-state index in [2.05, 4.69) is 52.2 Å². The second-order valence-electron chi connectivity index (χ2n) is 7.36. The summed E-state index contributed by atoms with van der Waals surface area (Å²) in [4.78, 5) is 21.5. The highest BCUT2D eigenvalue weighted by Crippen LogP contribution is 2.27. The first-order valence-corrected chi connectivity index (χ1v) is 9.81. The third-order valence-corrected chi connectivity index (χ3v) is 5.65. The van der Waals surface area contributed by atoms with Crippen LogP contribution in [0.4, 0.5) is 5.69 Å². The quantitative estimate of drug-likeness (QED) is 0.714. The SMILES string of the molecule is CN[C@@H](C)C(=O)N1CCN(c2cccc(-c3nc4ccccc4n3C)c2)CC1.Cl. The molecule has 2 aromatic carbocycles. The van der Waals surface area contributed by atoms with Gasteiger partial charge in [-0.15, -0.1) is 12.4 Å². The maximum absolute atomic E-state index is 12.4. The van der Waals surface area contributed by atoms with Crippen LogP contribution in [0.2, 0.25) is 0 Å². The molecule has 7 heteroatoms. The molecule has 1 N–H and O–H groups in total. The number of rotatable bonds is 4. The van der Waals surface area contributed by atoms with E-state index in [1.165, 1.54) is 5.69 Å². The summed E-state index contributed by atoms with van der Waals surface area (Å²) < 4.78 is 2.14. The number of likely N-dealkylation sites (N-methyl/N-ethyl adjacent to an activating group) is 1. The highest BCUT2D eigenvalue weighted by atomic mass is 35.5. The van der Waals surface area contributed by atoms with Gasteiger partial charge in [0.1, 0.15) is 5.82 Å². The van der Waals surface area contributed by atoms with Gasteiger partial charge in [-0.05, 0) is 38.2 Å². The molecule has 3 aromatic rings. The van der Waals surface area contributed by atoms with Gasteiger partial charge in [-0.25, -0.2) is 4.98 Å². The minimum Gasteiger partial charge on any atom is -0.368 e. The summed E-state index contributed by atoms with van der Waals surface area (Å²) in [5, 5.41) is 3.03. The number of hydrogen-bond donors (Lipinski definition) is 1. The minimum absolute atomic E-state index is 0. The van der Waals surface area contributed by atoms with Gasteiger partial charge in [0.05, 0.1) is 17.1 Å². The molecular weight excluding hydrogens is 386 g/mol. The average Bonchev–Trinajstić information content (AvgIpc) is 3.09. The largest absolute Gasteiger partial charge is 0.368 e. The molecule has 1 fully saturated rings. The lowest BCUT2D eigenvalue weighted by Gasteiger charge is -2.37. The summed E-state index contributed by atoms with van der Waals surface area (Å²) in [6, 6.07) is 16.6. The molecule has 1 amide bonds. The minimum atomic E-state index is -0.132. The van der Waals surface area contributed by atoms with Gasteiger partial charge in [0.15, 0.2) is 0 Å². The van der Waals surface area contributed by atoms with Crippen molar-refractivity contribution in [2.75, 3.05) is 38.1 Å². The summed E-state index contributed by atoms with van der Waals surface area (Å²) in [6.07, 6.45) is 0. The maximum atomic E-state index is 12.4. The van der Waals surface area contributed by atoms with Crippen LogP contribution in [-0.2, 0) is 11.8 Å². The van der Waals surface area contributed by atoms with E-state index >= 15 is 0 Å². The Morgan fingerprint density at radius 3 is 2.48 bits per heavy atom. The lowest BCUT2D eigenvalue weighted by atomic mass is 10.1. The van der Waals surface area contributed by atoms with E-state index in [0.29, 0.717) is 0 Å². The molecule has 0 aliphatic carbocycles. The van der Waals surface area contributed by atoms with Crippen LogP contribution in [0.15, 0.2) is 48.5 Å². The fourth-order valence-electron chi connectivity index (χ4n) is 3.83. The first-order valence-electron chi connectivity index (χ1n) is 9.81. The number of nitrogens with zero attached hydrogens (tertiary/aromatic N) is 4. The fraction of sp³-hybridized carbons (Fsp3) is 0.364. The van der Waals surface area contributed by atoms with Crippen molar-refractivity contribution in [1.82, 2.24) is 19.8 Å². The number of piperazine rings is 1. The first kappa shape index (κ1) is 21.1. The molecule has 6 nitrogen and oxygen atoms in total. The number of carbonyl (C=O) groups excluding carboxylic acids is 1. The Labute approximate surface area is 177 Å². The molecule has 1 aliphatic heterocycles. The number of aromatic nitrogens is 2. The number of imidazole rings is 1. The number of anilines is 1. The molecule has 1 aliphatic rings. The van der Waals surface area contributed by atoms with Gasteiger partial charge in [0.2, 0.25) is 5.91 Å². The zero-order valence-corrected chi connectivity index (χ0v) is 17.9. The molecule has 0 radical (unpaired) electrons. The van der Waals surface area contributed by atoms with E-state index in [9.17, 15) is 4.79 Å². The van der Waals surface area contributed by atoms with E-state index in [1.54, 1.807) is 0 Å². The van der Waals surface area contributed by atoms with Crippen molar-refractivity contribution >= 4 is 35.0 Å². The van der Waals surface area contributed by atoms with Crippen LogP contribution in [0, 0.1) is 0 Å². The van der Waals surface area contributed by atoms with Crippen LogP contribution in [0.5, 0.6) is 0 Å². The number of benzene rings is 2. The van der Waals surface area contributed by atoms with Crippen molar-refractivity contribution in [2.45, 2.75) is 13.0 Å². The van der Waals surface area contributed by atoms with Gasteiger partial charge in [-0.1, -0.05) is 24.3 Å². The number of carbonyl (C=O) groups is 1. The summed E-state index contributed by atoms with van der Waals surface area (Å²) in [5.41, 5.74) is 4.43.